The third-order valence-electron chi connectivity index (χ3n) is 4.12. The highest BCUT2D eigenvalue weighted by Crippen LogP contribution is 2.27. The summed E-state index contributed by atoms with van der Waals surface area (Å²) >= 11 is 0. The van der Waals surface area contributed by atoms with Gasteiger partial charge in [-0.2, -0.15) is 5.26 Å². The predicted molar refractivity (Wildman–Crippen MR) is 85.8 cm³/mol. The lowest BCUT2D eigenvalue weighted by molar-refractivity contribution is -0.384. The summed E-state index contributed by atoms with van der Waals surface area (Å²) in [7, 11) is 0. The molecule has 0 saturated heterocycles. The molecular weight excluding hydrogens is 296 g/mol. The van der Waals surface area contributed by atoms with Crippen molar-refractivity contribution < 1.29 is 9.72 Å². The highest BCUT2D eigenvalue weighted by Gasteiger charge is 2.34. The van der Waals surface area contributed by atoms with Crippen LogP contribution < -0.4 is 10.6 Å². The van der Waals surface area contributed by atoms with Crippen molar-refractivity contribution in [3.05, 3.63) is 34.4 Å². The zero-order chi connectivity index (χ0) is 16.9. The van der Waals surface area contributed by atoms with Crippen molar-refractivity contribution in [1.82, 2.24) is 5.32 Å². The molecular formula is C16H20N4O3. The minimum absolute atomic E-state index is 0.0385. The van der Waals surface area contributed by atoms with Crippen LogP contribution in [0, 0.1) is 21.4 Å². The second kappa shape index (κ2) is 7.09. The van der Waals surface area contributed by atoms with Crippen molar-refractivity contribution in [2.45, 2.75) is 50.6 Å². The Kier molecular flexibility index (Phi) is 5.16. The molecule has 7 heteroatoms. The molecule has 0 aliphatic heterocycles. The number of rotatable bonds is 5. The van der Waals surface area contributed by atoms with Gasteiger partial charge >= 0.3 is 0 Å². The van der Waals surface area contributed by atoms with Crippen molar-refractivity contribution in [3.63, 3.8) is 0 Å². The predicted octanol–water partition coefficient (Wildman–Crippen LogP) is 2.74. The molecule has 1 aromatic carbocycles. The highest BCUT2D eigenvalue weighted by molar-refractivity contribution is 5.85. The molecule has 1 fully saturated rings. The average Bonchev–Trinajstić information content (AvgIpc) is 2.55. The number of nitriles is 1. The van der Waals surface area contributed by atoms with E-state index >= 15 is 0 Å². The Hall–Kier alpha value is -2.62. The van der Waals surface area contributed by atoms with Crippen LogP contribution in [0.25, 0.3) is 0 Å². The SMILES string of the molecule is C[C@@H](Nc1cccc([N+](=O)[O-])c1)C(=O)NC1(C#N)CCCCC1. The van der Waals surface area contributed by atoms with Crippen LogP contribution in [0.2, 0.25) is 0 Å². The van der Waals surface area contributed by atoms with Crippen LogP contribution in [0.5, 0.6) is 0 Å². The molecule has 1 aliphatic carbocycles. The fourth-order valence-corrected chi connectivity index (χ4v) is 2.79. The zero-order valence-electron chi connectivity index (χ0n) is 13.0. The number of amides is 1. The van der Waals surface area contributed by atoms with Gasteiger partial charge in [-0.3, -0.25) is 14.9 Å². The Labute approximate surface area is 134 Å². The first kappa shape index (κ1) is 16.7. The summed E-state index contributed by atoms with van der Waals surface area (Å²) in [6, 6.07) is 7.64. The van der Waals surface area contributed by atoms with E-state index in [0.717, 1.165) is 19.3 Å². The normalized spacial score (nSPS) is 17.6. The van der Waals surface area contributed by atoms with Gasteiger partial charge in [0.05, 0.1) is 11.0 Å². The van der Waals surface area contributed by atoms with Crippen LogP contribution in [-0.2, 0) is 4.79 Å². The van der Waals surface area contributed by atoms with E-state index in [-0.39, 0.29) is 11.6 Å². The smallest absolute Gasteiger partial charge is 0.271 e. The number of nitro groups is 1. The topological polar surface area (TPSA) is 108 Å². The fourth-order valence-electron chi connectivity index (χ4n) is 2.79. The first-order valence-electron chi connectivity index (χ1n) is 7.70. The largest absolute Gasteiger partial charge is 0.374 e. The first-order chi connectivity index (χ1) is 11.0. The Morgan fingerprint density at radius 2 is 2.09 bits per heavy atom. The van der Waals surface area contributed by atoms with Gasteiger partial charge in [-0.1, -0.05) is 25.3 Å². The van der Waals surface area contributed by atoms with Crippen molar-refractivity contribution in [2.24, 2.45) is 0 Å². The standard InChI is InChI=1S/C16H20N4O3/c1-12(18-13-6-5-7-14(10-13)20(22)23)15(21)19-16(11-17)8-3-2-4-9-16/h5-7,10,12,18H,2-4,8-9H2,1H3,(H,19,21)/t12-/m1/s1. The zero-order valence-corrected chi connectivity index (χ0v) is 13.0. The van der Waals surface area contributed by atoms with Gasteiger partial charge in [0, 0.05) is 17.8 Å². The molecule has 23 heavy (non-hydrogen) atoms. The van der Waals surface area contributed by atoms with Crippen LogP contribution >= 0.6 is 0 Å². The number of nitrogens with zero attached hydrogens (tertiary/aromatic N) is 2. The van der Waals surface area contributed by atoms with Gasteiger partial charge in [-0.15, -0.1) is 0 Å². The van der Waals surface area contributed by atoms with Gasteiger partial charge in [0.2, 0.25) is 5.91 Å². The molecule has 1 saturated carbocycles. The third kappa shape index (κ3) is 4.19. The number of carbonyl (C=O) groups excluding carboxylic acids is 1. The second-order valence-electron chi connectivity index (χ2n) is 5.92. The Morgan fingerprint density at radius 1 is 1.39 bits per heavy atom. The maximum Gasteiger partial charge on any atom is 0.271 e. The van der Waals surface area contributed by atoms with Gasteiger partial charge in [0.15, 0.2) is 0 Å². The Balaban J connectivity index is 2.01. The van der Waals surface area contributed by atoms with E-state index in [4.69, 9.17) is 0 Å². The molecule has 2 rings (SSSR count). The number of anilines is 1. The molecule has 0 radical (unpaired) electrons. The highest BCUT2D eigenvalue weighted by atomic mass is 16.6. The number of hydrogen-bond acceptors (Lipinski definition) is 5. The average molecular weight is 316 g/mol. The Morgan fingerprint density at radius 3 is 2.70 bits per heavy atom. The molecule has 0 aromatic heterocycles. The van der Waals surface area contributed by atoms with Gasteiger partial charge in [0.1, 0.15) is 11.6 Å². The molecule has 2 N–H and O–H groups in total. The lowest BCUT2D eigenvalue weighted by Crippen LogP contribution is -2.52. The van der Waals surface area contributed by atoms with Crippen molar-refractivity contribution >= 4 is 17.3 Å². The lowest BCUT2D eigenvalue weighted by atomic mass is 9.82. The minimum Gasteiger partial charge on any atom is -0.374 e. The van der Waals surface area contributed by atoms with E-state index < -0.39 is 16.5 Å². The van der Waals surface area contributed by atoms with Crippen LogP contribution in [0.4, 0.5) is 11.4 Å². The van der Waals surface area contributed by atoms with Gasteiger partial charge in [0.25, 0.3) is 5.69 Å². The van der Waals surface area contributed by atoms with Crippen LogP contribution in [0.3, 0.4) is 0 Å². The minimum atomic E-state index is -0.784. The van der Waals surface area contributed by atoms with Gasteiger partial charge < -0.3 is 10.6 Å². The van der Waals surface area contributed by atoms with E-state index in [9.17, 15) is 20.2 Å². The van der Waals surface area contributed by atoms with Crippen molar-refractivity contribution in [2.75, 3.05) is 5.32 Å². The van der Waals surface area contributed by atoms with Crippen LogP contribution in [-0.4, -0.2) is 22.4 Å². The number of benzene rings is 1. The molecule has 1 aromatic rings. The number of non-ortho nitro benzene ring substituents is 1. The van der Waals surface area contributed by atoms with E-state index in [1.165, 1.54) is 12.1 Å². The Bertz CT molecular complexity index is 632. The summed E-state index contributed by atoms with van der Waals surface area (Å²) in [4.78, 5) is 22.6. The number of nitro benzene ring substituents is 1. The molecule has 7 nitrogen and oxygen atoms in total. The summed E-state index contributed by atoms with van der Waals surface area (Å²) in [5.41, 5.74) is -0.326. The molecule has 0 bridgehead atoms. The lowest BCUT2D eigenvalue weighted by Gasteiger charge is -2.32. The summed E-state index contributed by atoms with van der Waals surface area (Å²) in [6.45, 7) is 1.67. The number of carbonyl (C=O) groups is 1. The number of nitrogens with one attached hydrogen (secondary N) is 2. The van der Waals surface area contributed by atoms with Gasteiger partial charge in [-0.25, -0.2) is 0 Å². The number of hydrogen-bond donors (Lipinski definition) is 2. The molecule has 1 aliphatic rings. The molecule has 0 spiro atoms. The van der Waals surface area contributed by atoms with E-state index in [0.29, 0.717) is 18.5 Å². The fraction of sp³-hybridized carbons (Fsp3) is 0.500. The van der Waals surface area contributed by atoms with Crippen molar-refractivity contribution in [3.8, 4) is 6.07 Å². The third-order valence-corrected chi connectivity index (χ3v) is 4.12. The van der Waals surface area contributed by atoms with Crippen molar-refractivity contribution in [1.29, 1.82) is 5.26 Å². The van der Waals surface area contributed by atoms with Gasteiger partial charge in [-0.05, 0) is 25.8 Å². The molecule has 0 unspecified atom stereocenters. The molecule has 0 heterocycles. The van der Waals surface area contributed by atoms with Crippen LogP contribution in [0.1, 0.15) is 39.0 Å². The molecule has 122 valence electrons. The molecule has 1 atom stereocenters. The van der Waals surface area contributed by atoms with E-state index in [2.05, 4.69) is 16.7 Å². The van der Waals surface area contributed by atoms with E-state index in [1.54, 1.807) is 19.1 Å². The maximum atomic E-state index is 12.3. The van der Waals surface area contributed by atoms with Crippen LogP contribution in [0.15, 0.2) is 24.3 Å². The monoisotopic (exact) mass is 316 g/mol. The summed E-state index contributed by atoms with van der Waals surface area (Å²) in [6.07, 6.45) is 4.28. The summed E-state index contributed by atoms with van der Waals surface area (Å²) < 4.78 is 0. The second-order valence-corrected chi connectivity index (χ2v) is 5.92. The van der Waals surface area contributed by atoms with E-state index in [1.807, 2.05) is 0 Å². The molecule has 1 amide bonds. The maximum absolute atomic E-state index is 12.3. The quantitative estimate of drug-likeness (QED) is 0.641. The first-order valence-corrected chi connectivity index (χ1v) is 7.70. The summed E-state index contributed by atoms with van der Waals surface area (Å²) in [5, 5.41) is 26.0. The summed E-state index contributed by atoms with van der Waals surface area (Å²) in [5.74, 6) is -0.278.